The number of para-hydroxylation sites is 1. The highest BCUT2D eigenvalue weighted by Gasteiger charge is 2.10. The van der Waals surface area contributed by atoms with Crippen LogP contribution in [0.1, 0.15) is 24.0 Å². The fraction of sp³-hybridized carbons (Fsp3) is 0.238. The van der Waals surface area contributed by atoms with Crippen molar-refractivity contribution in [3.8, 4) is 0 Å². The molecule has 0 fully saturated rings. The topological polar surface area (TPSA) is 71.2 Å². The van der Waals surface area contributed by atoms with E-state index in [9.17, 15) is 9.59 Å². The number of ether oxygens (including phenoxy) is 1. The Morgan fingerprint density at radius 3 is 2.81 bits per heavy atom. The zero-order valence-corrected chi connectivity index (χ0v) is 15.8. The number of nitrogens with one attached hydrogen (secondary N) is 2. The van der Waals surface area contributed by atoms with Crippen molar-refractivity contribution in [2.45, 2.75) is 26.2 Å². The molecule has 0 radical (unpaired) electrons. The summed E-state index contributed by atoms with van der Waals surface area (Å²) < 4.78 is 5.05. The molecule has 0 saturated carbocycles. The molecule has 1 aromatic heterocycles. The van der Waals surface area contributed by atoms with Gasteiger partial charge in [-0.15, -0.1) is 0 Å². The van der Waals surface area contributed by atoms with Crippen LogP contribution in [0.15, 0.2) is 48.7 Å². The number of H-pyrrole nitrogens is 1. The number of fused-ring (bicyclic) bond motifs is 1. The molecule has 0 aliphatic carbocycles. The molecule has 3 rings (SSSR count). The van der Waals surface area contributed by atoms with Crippen molar-refractivity contribution in [2.24, 2.45) is 0 Å². The smallest absolute Gasteiger partial charge is 0.306 e. The van der Waals surface area contributed by atoms with Crippen molar-refractivity contribution in [2.75, 3.05) is 11.9 Å². The summed E-state index contributed by atoms with van der Waals surface area (Å²) >= 11 is 6.02. The Hall–Kier alpha value is -2.79. The number of rotatable bonds is 7. The normalized spacial score (nSPS) is 10.7. The predicted octanol–water partition coefficient (Wildman–Crippen LogP) is 4.63. The second-order valence-corrected chi connectivity index (χ2v) is 6.79. The summed E-state index contributed by atoms with van der Waals surface area (Å²) in [5.41, 5.74) is 3.76. The van der Waals surface area contributed by atoms with Crippen LogP contribution in [0.25, 0.3) is 10.9 Å². The van der Waals surface area contributed by atoms with E-state index < -0.39 is 0 Å². The molecule has 1 amide bonds. The number of aromatic nitrogens is 1. The van der Waals surface area contributed by atoms with E-state index in [1.165, 1.54) is 10.9 Å². The van der Waals surface area contributed by atoms with Gasteiger partial charge in [-0.1, -0.05) is 35.9 Å². The van der Waals surface area contributed by atoms with Gasteiger partial charge in [0, 0.05) is 34.2 Å². The first-order valence-electron chi connectivity index (χ1n) is 8.79. The van der Waals surface area contributed by atoms with Gasteiger partial charge < -0.3 is 15.0 Å². The first kappa shape index (κ1) is 19.0. The van der Waals surface area contributed by atoms with E-state index in [1.807, 2.05) is 37.4 Å². The summed E-state index contributed by atoms with van der Waals surface area (Å²) in [6.45, 7) is 1.57. The Morgan fingerprint density at radius 2 is 2.00 bits per heavy atom. The minimum atomic E-state index is -0.389. The molecule has 0 spiro atoms. The lowest BCUT2D eigenvalue weighted by molar-refractivity contribution is -0.147. The number of carbonyl (C=O) groups excluding carboxylic acids is 2. The summed E-state index contributed by atoms with van der Waals surface area (Å²) in [7, 11) is 0. The van der Waals surface area contributed by atoms with Gasteiger partial charge in [0.25, 0.3) is 5.91 Å². The Morgan fingerprint density at radius 1 is 1.19 bits per heavy atom. The number of carbonyl (C=O) groups is 2. The van der Waals surface area contributed by atoms with Crippen LogP contribution in [0.4, 0.5) is 5.69 Å². The average Bonchev–Trinajstić information content (AvgIpc) is 3.06. The average molecular weight is 385 g/mol. The van der Waals surface area contributed by atoms with E-state index in [2.05, 4.69) is 16.4 Å². The Balaban J connectivity index is 1.40. The maximum absolute atomic E-state index is 11.9. The number of aromatic amines is 1. The molecule has 3 aromatic rings. The molecule has 0 aliphatic heterocycles. The van der Waals surface area contributed by atoms with Gasteiger partial charge in [-0.3, -0.25) is 9.59 Å². The molecule has 27 heavy (non-hydrogen) atoms. The highest BCUT2D eigenvalue weighted by Crippen LogP contribution is 2.20. The third-order valence-electron chi connectivity index (χ3n) is 4.32. The van der Waals surface area contributed by atoms with Crippen LogP contribution in [0.3, 0.4) is 0 Å². The number of halogens is 1. The largest absolute Gasteiger partial charge is 0.456 e. The third kappa shape index (κ3) is 5.11. The van der Waals surface area contributed by atoms with Crippen LogP contribution >= 0.6 is 11.6 Å². The van der Waals surface area contributed by atoms with Crippen LogP contribution in [-0.2, 0) is 20.7 Å². The number of aryl methyl sites for hydroxylation is 2. The first-order valence-corrected chi connectivity index (χ1v) is 9.17. The summed E-state index contributed by atoms with van der Waals surface area (Å²) in [6.07, 6.45) is 3.67. The first-order chi connectivity index (χ1) is 13.0. The molecular formula is C21H21ClN2O3. The van der Waals surface area contributed by atoms with Crippen molar-refractivity contribution >= 4 is 40.1 Å². The molecule has 0 unspecified atom stereocenters. The van der Waals surface area contributed by atoms with Crippen LogP contribution in [0.2, 0.25) is 5.02 Å². The van der Waals surface area contributed by atoms with Crippen LogP contribution in [-0.4, -0.2) is 23.5 Å². The summed E-state index contributed by atoms with van der Waals surface area (Å²) in [4.78, 5) is 27.0. The van der Waals surface area contributed by atoms with E-state index in [0.29, 0.717) is 17.1 Å². The molecule has 2 aromatic carbocycles. The van der Waals surface area contributed by atoms with Crippen LogP contribution in [0.5, 0.6) is 0 Å². The number of hydrogen-bond acceptors (Lipinski definition) is 3. The van der Waals surface area contributed by atoms with Crippen LogP contribution in [0, 0.1) is 6.92 Å². The highest BCUT2D eigenvalue weighted by molar-refractivity contribution is 6.31. The van der Waals surface area contributed by atoms with E-state index in [4.69, 9.17) is 16.3 Å². The second kappa shape index (κ2) is 8.73. The molecule has 0 aliphatic rings. The number of benzene rings is 2. The SMILES string of the molecule is Cc1ccc(NC(=O)COC(=O)CCCc2c[nH]c3ccccc23)cc1Cl. The molecule has 5 nitrogen and oxygen atoms in total. The van der Waals surface area contributed by atoms with Gasteiger partial charge in [-0.25, -0.2) is 0 Å². The van der Waals surface area contributed by atoms with Gasteiger partial charge in [0.05, 0.1) is 0 Å². The van der Waals surface area contributed by atoms with Gasteiger partial charge in [0.1, 0.15) is 0 Å². The quantitative estimate of drug-likeness (QED) is 0.583. The maximum atomic E-state index is 11.9. The summed E-state index contributed by atoms with van der Waals surface area (Å²) in [6, 6.07) is 13.3. The van der Waals surface area contributed by atoms with Crippen molar-refractivity contribution in [1.29, 1.82) is 0 Å². The van der Waals surface area contributed by atoms with Gasteiger partial charge in [0.15, 0.2) is 6.61 Å². The zero-order valence-electron chi connectivity index (χ0n) is 15.0. The monoisotopic (exact) mass is 384 g/mol. The minimum absolute atomic E-state index is 0.267. The number of amides is 1. The van der Waals surface area contributed by atoms with Crippen molar-refractivity contribution in [1.82, 2.24) is 4.98 Å². The lowest BCUT2D eigenvalue weighted by Gasteiger charge is -2.08. The lowest BCUT2D eigenvalue weighted by atomic mass is 10.1. The van der Waals surface area contributed by atoms with Crippen molar-refractivity contribution < 1.29 is 14.3 Å². The third-order valence-corrected chi connectivity index (χ3v) is 4.73. The maximum Gasteiger partial charge on any atom is 0.306 e. The Bertz CT molecular complexity index is 965. The fourth-order valence-corrected chi connectivity index (χ4v) is 3.03. The molecule has 1 heterocycles. The molecule has 6 heteroatoms. The molecule has 140 valence electrons. The predicted molar refractivity (Wildman–Crippen MR) is 107 cm³/mol. The second-order valence-electron chi connectivity index (χ2n) is 6.39. The molecule has 0 atom stereocenters. The van der Waals surface area contributed by atoms with Gasteiger partial charge >= 0.3 is 5.97 Å². The standard InChI is InChI=1S/C21H21ClN2O3/c1-14-9-10-16(11-18(14)22)24-20(25)13-27-21(26)8-4-5-15-12-23-19-7-3-2-6-17(15)19/h2-3,6-7,9-12,23H,4-5,8,13H2,1H3,(H,24,25). The van der Waals surface area contributed by atoms with Crippen molar-refractivity contribution in [3.05, 3.63) is 64.8 Å². The lowest BCUT2D eigenvalue weighted by Crippen LogP contribution is -2.20. The molecular weight excluding hydrogens is 364 g/mol. The van der Waals surface area contributed by atoms with E-state index >= 15 is 0 Å². The Labute approximate surface area is 162 Å². The summed E-state index contributed by atoms with van der Waals surface area (Å²) in [5, 5.41) is 4.40. The summed E-state index contributed by atoms with van der Waals surface area (Å²) in [5.74, 6) is -0.771. The molecule has 0 saturated heterocycles. The minimum Gasteiger partial charge on any atom is -0.456 e. The van der Waals surface area contributed by atoms with Gasteiger partial charge in [-0.05, 0) is 49.1 Å². The fourth-order valence-electron chi connectivity index (χ4n) is 2.85. The van der Waals surface area contributed by atoms with E-state index in [0.717, 1.165) is 17.5 Å². The number of hydrogen-bond donors (Lipinski definition) is 2. The number of anilines is 1. The van der Waals surface area contributed by atoms with Gasteiger partial charge in [0.2, 0.25) is 0 Å². The van der Waals surface area contributed by atoms with E-state index in [-0.39, 0.29) is 24.9 Å². The number of esters is 1. The van der Waals surface area contributed by atoms with Crippen LogP contribution < -0.4 is 5.32 Å². The zero-order chi connectivity index (χ0) is 19.2. The Kier molecular flexibility index (Phi) is 6.14. The van der Waals surface area contributed by atoms with E-state index in [1.54, 1.807) is 12.1 Å². The highest BCUT2D eigenvalue weighted by atomic mass is 35.5. The molecule has 2 N–H and O–H groups in total. The van der Waals surface area contributed by atoms with Crippen molar-refractivity contribution in [3.63, 3.8) is 0 Å². The van der Waals surface area contributed by atoms with Gasteiger partial charge in [-0.2, -0.15) is 0 Å². The molecule has 0 bridgehead atoms.